The molecule has 74 valence electrons. The molecule has 1 aliphatic heterocycles. The van der Waals surface area contributed by atoms with Crippen molar-refractivity contribution in [1.82, 2.24) is 5.32 Å². The van der Waals surface area contributed by atoms with Gasteiger partial charge in [0.2, 0.25) is 0 Å². The standard InChI is InChI=1S/C9H21NOS/c1-12(2,3)7-9(11)8-5-4-6-10-8/h8-11H,4-7H2,1-3H3/t8-,9+/m0/s1. The summed E-state index contributed by atoms with van der Waals surface area (Å²) >= 11 is 0. The summed E-state index contributed by atoms with van der Waals surface area (Å²) < 4.78 is 0. The summed E-state index contributed by atoms with van der Waals surface area (Å²) in [6, 6.07) is 0.372. The molecular formula is C9H21NOS. The molecule has 0 radical (unpaired) electrons. The van der Waals surface area contributed by atoms with Crippen molar-refractivity contribution in [3.63, 3.8) is 0 Å². The molecule has 0 aromatic rings. The van der Waals surface area contributed by atoms with Gasteiger partial charge in [0.1, 0.15) is 0 Å². The predicted molar refractivity (Wildman–Crippen MR) is 57.3 cm³/mol. The molecule has 0 saturated carbocycles. The van der Waals surface area contributed by atoms with Crippen molar-refractivity contribution in [3.8, 4) is 0 Å². The van der Waals surface area contributed by atoms with E-state index in [4.69, 9.17) is 0 Å². The van der Waals surface area contributed by atoms with Crippen LogP contribution in [0.5, 0.6) is 0 Å². The molecule has 12 heavy (non-hydrogen) atoms. The normalized spacial score (nSPS) is 28.8. The number of rotatable bonds is 3. The van der Waals surface area contributed by atoms with Crippen LogP contribution in [0.25, 0.3) is 0 Å². The van der Waals surface area contributed by atoms with Crippen molar-refractivity contribution < 1.29 is 5.11 Å². The number of hydrogen-bond donors (Lipinski definition) is 2. The third-order valence-electron chi connectivity index (χ3n) is 2.23. The maximum Gasteiger partial charge on any atom is 0.0768 e. The largest absolute Gasteiger partial charge is 0.391 e. The van der Waals surface area contributed by atoms with Gasteiger partial charge in [-0.15, -0.1) is 0 Å². The van der Waals surface area contributed by atoms with E-state index in [0.717, 1.165) is 18.7 Å². The summed E-state index contributed by atoms with van der Waals surface area (Å²) in [4.78, 5) is 0. The molecule has 0 aromatic carbocycles. The second-order valence-electron chi connectivity index (χ2n) is 4.53. The molecule has 3 heteroatoms. The van der Waals surface area contributed by atoms with Crippen LogP contribution >= 0.6 is 10.0 Å². The highest BCUT2D eigenvalue weighted by Crippen LogP contribution is 2.36. The average Bonchev–Trinajstić information content (AvgIpc) is 2.32. The Kier molecular flexibility index (Phi) is 3.44. The minimum absolute atomic E-state index is 0.123. The first-order valence-electron chi connectivity index (χ1n) is 4.56. The van der Waals surface area contributed by atoms with E-state index >= 15 is 0 Å². The van der Waals surface area contributed by atoms with Crippen molar-refractivity contribution in [2.75, 3.05) is 31.1 Å². The molecule has 2 nitrogen and oxygen atoms in total. The number of aliphatic hydroxyl groups is 1. The van der Waals surface area contributed by atoms with E-state index in [-0.39, 0.29) is 6.10 Å². The molecule has 2 N–H and O–H groups in total. The highest BCUT2D eigenvalue weighted by Gasteiger charge is 2.24. The lowest BCUT2D eigenvalue weighted by atomic mass is 10.1. The molecule has 0 bridgehead atoms. The van der Waals surface area contributed by atoms with Crippen LogP contribution in [0.2, 0.25) is 0 Å². The minimum Gasteiger partial charge on any atom is -0.391 e. The topological polar surface area (TPSA) is 32.3 Å². The lowest BCUT2D eigenvalue weighted by Gasteiger charge is -2.30. The van der Waals surface area contributed by atoms with Gasteiger partial charge in [-0.3, -0.25) is 0 Å². The van der Waals surface area contributed by atoms with E-state index in [2.05, 4.69) is 24.1 Å². The molecule has 0 unspecified atom stereocenters. The molecule has 1 aliphatic rings. The van der Waals surface area contributed by atoms with Gasteiger partial charge < -0.3 is 10.4 Å². The molecule has 1 saturated heterocycles. The van der Waals surface area contributed by atoms with Crippen molar-refractivity contribution in [2.45, 2.75) is 25.0 Å². The van der Waals surface area contributed by atoms with Gasteiger partial charge in [-0.05, 0) is 38.2 Å². The van der Waals surface area contributed by atoms with Gasteiger partial charge in [-0.2, -0.15) is 0 Å². The van der Waals surface area contributed by atoms with Crippen molar-refractivity contribution in [1.29, 1.82) is 0 Å². The van der Waals surface area contributed by atoms with Crippen molar-refractivity contribution in [2.24, 2.45) is 0 Å². The fourth-order valence-corrected chi connectivity index (χ4v) is 2.93. The second-order valence-corrected chi connectivity index (χ2v) is 9.04. The van der Waals surface area contributed by atoms with Crippen molar-refractivity contribution >= 4 is 10.0 Å². The second kappa shape index (κ2) is 3.99. The zero-order chi connectivity index (χ0) is 9.19. The highest BCUT2D eigenvalue weighted by molar-refractivity contribution is 8.32. The number of aliphatic hydroxyl groups excluding tert-OH is 1. The van der Waals surface area contributed by atoms with E-state index in [1.165, 1.54) is 6.42 Å². The Morgan fingerprint density at radius 3 is 2.58 bits per heavy atom. The summed E-state index contributed by atoms with van der Waals surface area (Å²) in [7, 11) is -0.551. The Labute approximate surface area is 77.1 Å². The van der Waals surface area contributed by atoms with Gasteiger partial charge in [0, 0.05) is 11.8 Å². The van der Waals surface area contributed by atoms with Gasteiger partial charge in [-0.1, -0.05) is 0 Å². The molecule has 0 aliphatic carbocycles. The minimum atomic E-state index is -0.551. The third-order valence-corrected chi connectivity index (χ3v) is 3.58. The summed E-state index contributed by atoms with van der Waals surface area (Å²) in [5.41, 5.74) is 0. The Morgan fingerprint density at radius 2 is 2.17 bits per heavy atom. The molecule has 0 aromatic heterocycles. The first-order valence-corrected chi connectivity index (χ1v) is 7.59. The van der Waals surface area contributed by atoms with Crippen LogP contribution in [0.15, 0.2) is 0 Å². The van der Waals surface area contributed by atoms with Crippen LogP contribution in [0, 0.1) is 0 Å². The zero-order valence-corrected chi connectivity index (χ0v) is 9.16. The Hall–Kier alpha value is 0.270. The molecule has 1 rings (SSSR count). The van der Waals surface area contributed by atoms with Crippen LogP contribution in [0.4, 0.5) is 0 Å². The molecular weight excluding hydrogens is 170 g/mol. The van der Waals surface area contributed by atoms with Crippen LogP contribution in [-0.4, -0.2) is 48.3 Å². The summed E-state index contributed by atoms with van der Waals surface area (Å²) in [5, 5.41) is 13.2. The fraction of sp³-hybridized carbons (Fsp3) is 1.00. The van der Waals surface area contributed by atoms with E-state index < -0.39 is 10.0 Å². The summed E-state index contributed by atoms with van der Waals surface area (Å²) in [6.45, 7) is 1.08. The lowest BCUT2D eigenvalue weighted by Crippen LogP contribution is -2.38. The Balaban J connectivity index is 2.31. The number of nitrogens with one attached hydrogen (secondary N) is 1. The maximum atomic E-state index is 9.84. The monoisotopic (exact) mass is 191 g/mol. The Morgan fingerprint density at radius 1 is 1.50 bits per heavy atom. The van der Waals surface area contributed by atoms with Crippen LogP contribution in [-0.2, 0) is 0 Å². The van der Waals surface area contributed by atoms with Crippen LogP contribution in [0.1, 0.15) is 12.8 Å². The molecule has 0 amide bonds. The van der Waals surface area contributed by atoms with E-state index in [1.807, 2.05) is 0 Å². The average molecular weight is 191 g/mol. The molecule has 1 heterocycles. The summed E-state index contributed by atoms with van der Waals surface area (Å²) in [6.07, 6.45) is 9.02. The van der Waals surface area contributed by atoms with Gasteiger partial charge in [0.25, 0.3) is 0 Å². The van der Waals surface area contributed by atoms with Crippen LogP contribution < -0.4 is 5.32 Å². The SMILES string of the molecule is CS(C)(C)C[C@@H](O)[C@@H]1CCCN1. The third kappa shape index (κ3) is 3.33. The summed E-state index contributed by atoms with van der Waals surface area (Å²) in [5.74, 6) is 0.977. The van der Waals surface area contributed by atoms with Gasteiger partial charge in [0.05, 0.1) is 6.10 Å². The number of hydrogen-bond acceptors (Lipinski definition) is 2. The predicted octanol–water partition coefficient (Wildman–Crippen LogP) is 0.793. The molecule has 1 fully saturated rings. The highest BCUT2D eigenvalue weighted by atomic mass is 32.3. The van der Waals surface area contributed by atoms with E-state index in [0.29, 0.717) is 6.04 Å². The first-order chi connectivity index (χ1) is 5.49. The maximum absolute atomic E-state index is 9.84. The first kappa shape index (κ1) is 10.4. The van der Waals surface area contributed by atoms with Gasteiger partial charge in [0.15, 0.2) is 0 Å². The van der Waals surface area contributed by atoms with E-state index in [1.54, 1.807) is 0 Å². The van der Waals surface area contributed by atoms with Crippen LogP contribution in [0.3, 0.4) is 0 Å². The molecule has 0 spiro atoms. The van der Waals surface area contributed by atoms with E-state index in [9.17, 15) is 5.11 Å². The Bertz CT molecular complexity index is 138. The van der Waals surface area contributed by atoms with Gasteiger partial charge in [-0.25, -0.2) is 10.0 Å². The smallest absolute Gasteiger partial charge is 0.0768 e. The zero-order valence-electron chi connectivity index (χ0n) is 8.34. The molecule has 2 atom stereocenters. The quantitative estimate of drug-likeness (QED) is 0.691. The van der Waals surface area contributed by atoms with Gasteiger partial charge >= 0.3 is 0 Å². The fourth-order valence-electron chi connectivity index (χ4n) is 1.67. The lowest BCUT2D eigenvalue weighted by molar-refractivity contribution is 0.158. The van der Waals surface area contributed by atoms with Crippen molar-refractivity contribution in [3.05, 3.63) is 0 Å².